The van der Waals surface area contributed by atoms with Gasteiger partial charge in [-0.05, 0) is 17.2 Å². The van der Waals surface area contributed by atoms with Crippen LogP contribution in [0, 0.1) is 0 Å². The maximum absolute atomic E-state index is 6.28. The van der Waals surface area contributed by atoms with Crippen molar-refractivity contribution < 1.29 is 9.47 Å². The van der Waals surface area contributed by atoms with Gasteiger partial charge in [-0.1, -0.05) is 23.7 Å². The molecule has 0 saturated heterocycles. The SMILES string of the molecule is COCCN(CCOC)Cc1ccc(CN)cc1Cl. The Hall–Kier alpha value is -0.650. The van der Waals surface area contributed by atoms with E-state index in [2.05, 4.69) is 4.90 Å². The number of rotatable bonds is 9. The summed E-state index contributed by atoms with van der Waals surface area (Å²) in [6.45, 7) is 4.40. The Labute approximate surface area is 120 Å². The van der Waals surface area contributed by atoms with Gasteiger partial charge in [-0.25, -0.2) is 0 Å². The summed E-state index contributed by atoms with van der Waals surface area (Å²) in [6, 6.07) is 5.99. The Balaban J connectivity index is 2.65. The first-order chi connectivity index (χ1) is 9.21. The normalized spacial score (nSPS) is 11.2. The van der Waals surface area contributed by atoms with E-state index in [0.717, 1.165) is 35.8 Å². The molecule has 4 nitrogen and oxygen atoms in total. The third kappa shape index (κ3) is 5.89. The van der Waals surface area contributed by atoms with Crippen molar-refractivity contribution >= 4 is 11.6 Å². The molecule has 108 valence electrons. The second-order valence-electron chi connectivity index (χ2n) is 4.39. The molecule has 0 spiro atoms. The molecule has 0 heterocycles. The van der Waals surface area contributed by atoms with Crippen molar-refractivity contribution in [3.8, 4) is 0 Å². The van der Waals surface area contributed by atoms with Crippen LogP contribution in [-0.4, -0.2) is 45.4 Å². The molecule has 0 amide bonds. The molecule has 0 saturated carbocycles. The maximum Gasteiger partial charge on any atom is 0.0589 e. The van der Waals surface area contributed by atoms with Crippen molar-refractivity contribution in [1.29, 1.82) is 0 Å². The van der Waals surface area contributed by atoms with Gasteiger partial charge in [0.25, 0.3) is 0 Å². The monoisotopic (exact) mass is 286 g/mol. The lowest BCUT2D eigenvalue weighted by atomic mass is 10.1. The molecule has 0 bridgehead atoms. The van der Waals surface area contributed by atoms with E-state index in [1.165, 1.54) is 0 Å². The van der Waals surface area contributed by atoms with Gasteiger partial charge in [0.15, 0.2) is 0 Å². The minimum Gasteiger partial charge on any atom is -0.383 e. The molecule has 0 aromatic heterocycles. The Kier molecular flexibility index (Phi) is 8.02. The first-order valence-corrected chi connectivity index (χ1v) is 6.76. The Morgan fingerprint density at radius 1 is 1.16 bits per heavy atom. The Morgan fingerprint density at radius 2 is 1.79 bits per heavy atom. The molecule has 1 aromatic carbocycles. The largest absolute Gasteiger partial charge is 0.383 e. The molecule has 1 rings (SSSR count). The summed E-state index contributed by atoms with van der Waals surface area (Å²) in [5.74, 6) is 0. The van der Waals surface area contributed by atoms with E-state index in [1.54, 1.807) is 14.2 Å². The van der Waals surface area contributed by atoms with E-state index in [1.807, 2.05) is 18.2 Å². The molecule has 0 aliphatic carbocycles. The fourth-order valence-corrected chi connectivity index (χ4v) is 2.06. The summed E-state index contributed by atoms with van der Waals surface area (Å²) in [5.41, 5.74) is 7.75. The molecule has 19 heavy (non-hydrogen) atoms. The van der Waals surface area contributed by atoms with Crippen LogP contribution in [-0.2, 0) is 22.6 Å². The van der Waals surface area contributed by atoms with Gasteiger partial charge in [0.1, 0.15) is 0 Å². The standard InChI is InChI=1S/C14H23ClN2O2/c1-18-7-5-17(6-8-19-2)11-13-4-3-12(10-16)9-14(13)15/h3-4,9H,5-8,10-11,16H2,1-2H3. The average Bonchev–Trinajstić information content (AvgIpc) is 2.43. The van der Waals surface area contributed by atoms with Crippen molar-refractivity contribution in [2.45, 2.75) is 13.1 Å². The summed E-state index contributed by atoms with van der Waals surface area (Å²) < 4.78 is 10.2. The highest BCUT2D eigenvalue weighted by Crippen LogP contribution is 2.19. The van der Waals surface area contributed by atoms with E-state index in [0.29, 0.717) is 19.8 Å². The van der Waals surface area contributed by atoms with Gasteiger partial charge >= 0.3 is 0 Å². The van der Waals surface area contributed by atoms with Crippen LogP contribution >= 0.6 is 11.6 Å². The third-order valence-electron chi connectivity index (χ3n) is 2.97. The number of hydrogen-bond donors (Lipinski definition) is 1. The Bertz CT molecular complexity index is 366. The van der Waals surface area contributed by atoms with E-state index in [-0.39, 0.29) is 0 Å². The van der Waals surface area contributed by atoms with Gasteiger partial charge in [0, 0.05) is 45.4 Å². The zero-order valence-electron chi connectivity index (χ0n) is 11.7. The zero-order chi connectivity index (χ0) is 14.1. The smallest absolute Gasteiger partial charge is 0.0589 e. The van der Waals surface area contributed by atoms with Crippen LogP contribution in [0.25, 0.3) is 0 Å². The molecular formula is C14H23ClN2O2. The highest BCUT2D eigenvalue weighted by atomic mass is 35.5. The molecule has 0 fully saturated rings. The second kappa shape index (κ2) is 9.28. The average molecular weight is 287 g/mol. The highest BCUT2D eigenvalue weighted by molar-refractivity contribution is 6.31. The van der Waals surface area contributed by atoms with Gasteiger partial charge in [0.05, 0.1) is 13.2 Å². The molecular weight excluding hydrogens is 264 g/mol. The number of methoxy groups -OCH3 is 2. The summed E-state index contributed by atoms with van der Waals surface area (Å²) in [4.78, 5) is 2.26. The predicted molar refractivity (Wildman–Crippen MR) is 78.4 cm³/mol. The maximum atomic E-state index is 6.28. The minimum atomic E-state index is 0.511. The fourth-order valence-electron chi connectivity index (χ4n) is 1.80. The van der Waals surface area contributed by atoms with E-state index in [4.69, 9.17) is 26.8 Å². The molecule has 0 aliphatic rings. The second-order valence-corrected chi connectivity index (χ2v) is 4.80. The predicted octanol–water partition coefficient (Wildman–Crippen LogP) is 1.89. The summed E-state index contributed by atoms with van der Waals surface area (Å²) >= 11 is 6.28. The van der Waals surface area contributed by atoms with Gasteiger partial charge in [0.2, 0.25) is 0 Å². The third-order valence-corrected chi connectivity index (χ3v) is 3.32. The van der Waals surface area contributed by atoms with E-state index in [9.17, 15) is 0 Å². The van der Waals surface area contributed by atoms with Crippen molar-refractivity contribution in [3.05, 3.63) is 34.3 Å². The fraction of sp³-hybridized carbons (Fsp3) is 0.571. The van der Waals surface area contributed by atoms with Crippen LogP contribution in [0.15, 0.2) is 18.2 Å². The first kappa shape index (κ1) is 16.4. The highest BCUT2D eigenvalue weighted by Gasteiger charge is 2.09. The molecule has 0 unspecified atom stereocenters. The lowest BCUT2D eigenvalue weighted by molar-refractivity contribution is 0.110. The summed E-state index contributed by atoms with van der Waals surface area (Å²) in [6.07, 6.45) is 0. The first-order valence-electron chi connectivity index (χ1n) is 6.38. The summed E-state index contributed by atoms with van der Waals surface area (Å²) in [5, 5.41) is 0.766. The van der Waals surface area contributed by atoms with E-state index >= 15 is 0 Å². The van der Waals surface area contributed by atoms with Gasteiger partial charge < -0.3 is 15.2 Å². The van der Waals surface area contributed by atoms with Gasteiger partial charge in [-0.2, -0.15) is 0 Å². The number of benzene rings is 1. The van der Waals surface area contributed by atoms with Crippen molar-refractivity contribution in [3.63, 3.8) is 0 Å². The van der Waals surface area contributed by atoms with Crippen molar-refractivity contribution in [2.24, 2.45) is 5.73 Å². The number of ether oxygens (including phenoxy) is 2. The lowest BCUT2D eigenvalue weighted by Crippen LogP contribution is -2.30. The molecule has 0 aliphatic heterocycles. The van der Waals surface area contributed by atoms with Gasteiger partial charge in [-0.15, -0.1) is 0 Å². The molecule has 2 N–H and O–H groups in total. The van der Waals surface area contributed by atoms with Crippen molar-refractivity contribution in [2.75, 3.05) is 40.5 Å². The number of hydrogen-bond acceptors (Lipinski definition) is 4. The minimum absolute atomic E-state index is 0.511. The van der Waals surface area contributed by atoms with Crippen LogP contribution in [0.5, 0.6) is 0 Å². The van der Waals surface area contributed by atoms with E-state index < -0.39 is 0 Å². The Morgan fingerprint density at radius 3 is 2.26 bits per heavy atom. The summed E-state index contributed by atoms with van der Waals surface area (Å²) in [7, 11) is 3.41. The topological polar surface area (TPSA) is 47.7 Å². The number of nitrogens with zero attached hydrogens (tertiary/aromatic N) is 1. The van der Waals surface area contributed by atoms with Crippen LogP contribution in [0.3, 0.4) is 0 Å². The van der Waals surface area contributed by atoms with Crippen LogP contribution < -0.4 is 5.73 Å². The zero-order valence-corrected chi connectivity index (χ0v) is 12.4. The number of nitrogens with two attached hydrogens (primary N) is 1. The molecule has 0 atom stereocenters. The van der Waals surface area contributed by atoms with Crippen LogP contribution in [0.1, 0.15) is 11.1 Å². The number of halogens is 1. The molecule has 5 heteroatoms. The quantitative estimate of drug-likeness (QED) is 0.753. The van der Waals surface area contributed by atoms with Gasteiger partial charge in [-0.3, -0.25) is 4.90 Å². The molecule has 0 radical (unpaired) electrons. The lowest BCUT2D eigenvalue weighted by Gasteiger charge is -2.22. The van der Waals surface area contributed by atoms with Crippen molar-refractivity contribution in [1.82, 2.24) is 4.90 Å². The van der Waals surface area contributed by atoms with Crippen LogP contribution in [0.2, 0.25) is 5.02 Å². The molecule has 1 aromatic rings. The van der Waals surface area contributed by atoms with Crippen LogP contribution in [0.4, 0.5) is 0 Å².